The number of furan rings is 1. The van der Waals surface area contributed by atoms with E-state index in [1.54, 1.807) is 24.4 Å². The van der Waals surface area contributed by atoms with Crippen molar-refractivity contribution in [3.05, 3.63) is 76.0 Å². The first-order valence-corrected chi connectivity index (χ1v) is 9.47. The molecule has 1 fully saturated rings. The molecule has 0 amide bonds. The van der Waals surface area contributed by atoms with Gasteiger partial charge in [-0.15, -0.1) is 0 Å². The minimum atomic E-state index is -0.593. The average molecular weight is 408 g/mol. The van der Waals surface area contributed by atoms with Crippen molar-refractivity contribution in [2.45, 2.75) is 25.3 Å². The van der Waals surface area contributed by atoms with Crippen LogP contribution in [0.1, 0.15) is 40.8 Å². The van der Waals surface area contributed by atoms with Gasteiger partial charge in [0, 0.05) is 11.3 Å². The van der Waals surface area contributed by atoms with Gasteiger partial charge in [-0.25, -0.2) is 18.5 Å². The summed E-state index contributed by atoms with van der Waals surface area (Å²) in [6.07, 6.45) is 3.62. The zero-order valence-corrected chi connectivity index (χ0v) is 16.0. The predicted molar refractivity (Wildman–Crippen MR) is 104 cm³/mol. The second kappa shape index (κ2) is 6.94. The highest BCUT2D eigenvalue weighted by molar-refractivity contribution is 5.86. The molecule has 1 aliphatic rings. The summed E-state index contributed by atoms with van der Waals surface area (Å²) in [5, 5.41) is 9.63. The topological polar surface area (TPSA) is 92.2 Å². The average Bonchev–Trinajstić information content (AvgIpc) is 3.32. The van der Waals surface area contributed by atoms with Gasteiger partial charge in [-0.2, -0.15) is 10.2 Å². The Kier molecular flexibility index (Phi) is 4.23. The number of esters is 1. The van der Waals surface area contributed by atoms with E-state index in [0.29, 0.717) is 22.4 Å². The van der Waals surface area contributed by atoms with Crippen molar-refractivity contribution in [3.63, 3.8) is 0 Å². The highest BCUT2D eigenvalue weighted by atomic mass is 19.1. The minimum absolute atomic E-state index is 0.0556. The van der Waals surface area contributed by atoms with Crippen LogP contribution < -0.4 is 5.56 Å². The van der Waals surface area contributed by atoms with E-state index in [9.17, 15) is 14.0 Å². The van der Waals surface area contributed by atoms with Crippen LogP contribution in [0.3, 0.4) is 0 Å². The number of ether oxygens (including phenoxy) is 1. The molecule has 0 spiro atoms. The molecular weight excluding hydrogens is 391 g/mol. The Hall–Kier alpha value is -3.75. The van der Waals surface area contributed by atoms with Crippen LogP contribution in [-0.2, 0) is 11.3 Å². The molecule has 0 saturated heterocycles. The van der Waals surface area contributed by atoms with Crippen molar-refractivity contribution in [2.24, 2.45) is 0 Å². The zero-order chi connectivity index (χ0) is 20.8. The van der Waals surface area contributed by atoms with Crippen LogP contribution in [0.25, 0.3) is 16.6 Å². The molecule has 8 nitrogen and oxygen atoms in total. The number of hydrogen-bond acceptors (Lipinski definition) is 6. The maximum Gasteiger partial charge on any atom is 0.373 e. The maximum absolute atomic E-state index is 13.3. The Bertz CT molecular complexity index is 1320. The van der Waals surface area contributed by atoms with Gasteiger partial charge in [-0.3, -0.25) is 4.79 Å². The second-order valence-electron chi connectivity index (χ2n) is 7.17. The SMILES string of the molecule is COC(=O)c1ccc(Cn2nc(C3CC3)c3cnn(-c4ccc(F)cc4)c3c2=O)o1. The Morgan fingerprint density at radius 2 is 2.00 bits per heavy atom. The summed E-state index contributed by atoms with van der Waals surface area (Å²) in [5.74, 6) is -0.232. The third-order valence-electron chi connectivity index (χ3n) is 5.10. The molecule has 1 aliphatic carbocycles. The maximum atomic E-state index is 13.3. The first kappa shape index (κ1) is 18.3. The number of carbonyl (C=O) groups excluding carboxylic acids is 1. The van der Waals surface area contributed by atoms with Crippen LogP contribution in [0.4, 0.5) is 4.39 Å². The van der Waals surface area contributed by atoms with Crippen molar-refractivity contribution in [1.82, 2.24) is 19.6 Å². The molecule has 4 aromatic rings. The van der Waals surface area contributed by atoms with Gasteiger partial charge in [-0.05, 0) is 49.2 Å². The lowest BCUT2D eigenvalue weighted by Crippen LogP contribution is -2.26. The molecule has 5 rings (SSSR count). The summed E-state index contributed by atoms with van der Waals surface area (Å²) < 4.78 is 26.3. The summed E-state index contributed by atoms with van der Waals surface area (Å²) in [7, 11) is 1.27. The molecule has 1 saturated carbocycles. The van der Waals surface area contributed by atoms with E-state index in [1.165, 1.54) is 34.7 Å². The van der Waals surface area contributed by atoms with E-state index in [-0.39, 0.29) is 29.6 Å². The molecule has 9 heteroatoms. The van der Waals surface area contributed by atoms with Crippen molar-refractivity contribution in [3.8, 4) is 5.69 Å². The molecule has 0 aliphatic heterocycles. The molecular formula is C21H17FN4O4. The Morgan fingerprint density at radius 1 is 1.23 bits per heavy atom. The highest BCUT2D eigenvalue weighted by Crippen LogP contribution is 2.41. The third-order valence-corrected chi connectivity index (χ3v) is 5.10. The molecule has 0 N–H and O–H groups in total. The number of methoxy groups -OCH3 is 1. The Balaban J connectivity index is 1.63. The summed E-state index contributed by atoms with van der Waals surface area (Å²) in [6.45, 7) is 0.0556. The number of nitrogens with zero attached hydrogens (tertiary/aromatic N) is 4. The fraction of sp³-hybridized carbons (Fsp3) is 0.238. The largest absolute Gasteiger partial charge is 0.463 e. The van der Waals surface area contributed by atoms with Crippen LogP contribution in [0.5, 0.6) is 0 Å². The lowest BCUT2D eigenvalue weighted by molar-refractivity contribution is 0.0562. The number of halogens is 1. The Labute approximate surface area is 169 Å². The lowest BCUT2D eigenvalue weighted by atomic mass is 10.2. The van der Waals surface area contributed by atoms with Gasteiger partial charge in [-0.1, -0.05) is 0 Å². The molecule has 0 atom stereocenters. The number of rotatable bonds is 5. The van der Waals surface area contributed by atoms with E-state index < -0.39 is 5.97 Å². The number of carbonyl (C=O) groups is 1. The van der Waals surface area contributed by atoms with Crippen LogP contribution in [0.15, 0.2) is 51.8 Å². The van der Waals surface area contributed by atoms with E-state index >= 15 is 0 Å². The van der Waals surface area contributed by atoms with Crippen LogP contribution in [-0.4, -0.2) is 32.6 Å². The summed E-state index contributed by atoms with van der Waals surface area (Å²) in [6, 6.07) is 8.88. The molecule has 0 unspecified atom stereocenters. The molecule has 0 bridgehead atoms. The second-order valence-corrected chi connectivity index (χ2v) is 7.17. The fourth-order valence-corrected chi connectivity index (χ4v) is 3.46. The zero-order valence-electron chi connectivity index (χ0n) is 16.0. The summed E-state index contributed by atoms with van der Waals surface area (Å²) in [5.41, 5.74) is 1.40. The quantitative estimate of drug-likeness (QED) is 0.472. The van der Waals surface area contributed by atoms with Gasteiger partial charge in [0.05, 0.1) is 24.7 Å². The number of fused-ring (bicyclic) bond motifs is 1. The number of aromatic nitrogens is 4. The van der Waals surface area contributed by atoms with Crippen LogP contribution >= 0.6 is 0 Å². The Morgan fingerprint density at radius 3 is 2.70 bits per heavy atom. The van der Waals surface area contributed by atoms with E-state index in [4.69, 9.17) is 4.42 Å². The van der Waals surface area contributed by atoms with Crippen LogP contribution in [0, 0.1) is 5.82 Å². The predicted octanol–water partition coefficient (Wildman–Crippen LogP) is 3.03. The molecule has 0 radical (unpaired) electrons. The van der Waals surface area contributed by atoms with E-state index in [0.717, 1.165) is 18.5 Å². The highest BCUT2D eigenvalue weighted by Gasteiger charge is 2.30. The van der Waals surface area contributed by atoms with Gasteiger partial charge in [0.15, 0.2) is 0 Å². The van der Waals surface area contributed by atoms with Crippen molar-refractivity contribution < 1.29 is 18.3 Å². The number of benzene rings is 1. The monoisotopic (exact) mass is 408 g/mol. The molecule has 3 aromatic heterocycles. The van der Waals surface area contributed by atoms with Gasteiger partial charge >= 0.3 is 5.97 Å². The standard InChI is InChI=1S/C21H17FN4O4/c1-29-21(28)17-9-8-15(30-17)11-25-20(27)19-16(18(24-25)12-2-3-12)10-23-26(19)14-6-4-13(22)5-7-14/h4-10,12H,2-3,11H2,1H3. The van der Waals surface area contributed by atoms with Gasteiger partial charge in [0.25, 0.3) is 5.56 Å². The van der Waals surface area contributed by atoms with Crippen molar-refractivity contribution in [2.75, 3.05) is 7.11 Å². The lowest BCUT2D eigenvalue weighted by Gasteiger charge is -2.09. The fourth-order valence-electron chi connectivity index (χ4n) is 3.46. The summed E-state index contributed by atoms with van der Waals surface area (Å²) >= 11 is 0. The third kappa shape index (κ3) is 3.08. The summed E-state index contributed by atoms with van der Waals surface area (Å²) in [4.78, 5) is 24.9. The molecule has 30 heavy (non-hydrogen) atoms. The van der Waals surface area contributed by atoms with E-state index in [1.807, 2.05) is 0 Å². The molecule has 152 valence electrons. The molecule has 3 heterocycles. The van der Waals surface area contributed by atoms with E-state index in [2.05, 4.69) is 14.9 Å². The minimum Gasteiger partial charge on any atom is -0.463 e. The van der Waals surface area contributed by atoms with Gasteiger partial charge < -0.3 is 9.15 Å². The van der Waals surface area contributed by atoms with Crippen LogP contribution in [0.2, 0.25) is 0 Å². The van der Waals surface area contributed by atoms with Gasteiger partial charge in [0.1, 0.15) is 23.6 Å². The first-order valence-electron chi connectivity index (χ1n) is 9.47. The van der Waals surface area contributed by atoms with Gasteiger partial charge in [0.2, 0.25) is 5.76 Å². The van der Waals surface area contributed by atoms with Crippen molar-refractivity contribution >= 4 is 16.9 Å². The van der Waals surface area contributed by atoms with Crippen molar-refractivity contribution in [1.29, 1.82) is 0 Å². The number of hydrogen-bond donors (Lipinski definition) is 0. The molecule has 1 aromatic carbocycles. The smallest absolute Gasteiger partial charge is 0.373 e. The normalized spacial score (nSPS) is 13.7. The first-order chi connectivity index (χ1) is 14.5.